The summed E-state index contributed by atoms with van der Waals surface area (Å²) in [4.78, 5) is 19.2. The first kappa shape index (κ1) is 15.8. The van der Waals surface area contributed by atoms with Crippen molar-refractivity contribution in [2.24, 2.45) is 0 Å². The number of nitrogens with zero attached hydrogens (tertiary/aromatic N) is 2. The lowest BCUT2D eigenvalue weighted by Gasteiger charge is -2.24. The fraction of sp³-hybridized carbons (Fsp3) is 0.647. The van der Waals surface area contributed by atoms with Crippen LogP contribution in [0.15, 0.2) is 12.1 Å². The van der Waals surface area contributed by atoms with E-state index in [0.717, 1.165) is 37.9 Å². The van der Waals surface area contributed by atoms with Gasteiger partial charge in [0, 0.05) is 29.3 Å². The molecule has 116 valence electrons. The second kappa shape index (κ2) is 6.04. The zero-order chi connectivity index (χ0) is 15.6. The minimum Gasteiger partial charge on any atom is -0.384 e. The van der Waals surface area contributed by atoms with Crippen molar-refractivity contribution in [1.29, 1.82) is 0 Å². The molecular weight excluding hydrogens is 262 g/mol. The third-order valence-electron chi connectivity index (χ3n) is 3.86. The molecule has 4 nitrogen and oxygen atoms in total. The van der Waals surface area contributed by atoms with E-state index in [1.807, 2.05) is 11.0 Å². The highest BCUT2D eigenvalue weighted by Crippen LogP contribution is 2.30. The van der Waals surface area contributed by atoms with Crippen LogP contribution < -0.4 is 5.73 Å². The van der Waals surface area contributed by atoms with E-state index in [9.17, 15) is 4.79 Å². The minimum absolute atomic E-state index is 0.102. The third kappa shape index (κ3) is 3.96. The summed E-state index contributed by atoms with van der Waals surface area (Å²) >= 11 is 0. The van der Waals surface area contributed by atoms with E-state index in [0.29, 0.717) is 17.4 Å². The number of nitrogen functional groups attached to an aromatic ring is 1. The van der Waals surface area contributed by atoms with E-state index in [2.05, 4.69) is 32.7 Å². The zero-order valence-corrected chi connectivity index (χ0v) is 13.6. The first-order chi connectivity index (χ1) is 9.82. The number of pyridine rings is 1. The molecule has 0 aromatic carbocycles. The summed E-state index contributed by atoms with van der Waals surface area (Å²) in [6, 6.07) is 4.04. The number of nitrogens with two attached hydrogens (primary N) is 1. The van der Waals surface area contributed by atoms with Crippen molar-refractivity contribution in [3.63, 3.8) is 0 Å². The second-order valence-electron chi connectivity index (χ2n) is 7.00. The van der Waals surface area contributed by atoms with Gasteiger partial charge < -0.3 is 10.6 Å². The Morgan fingerprint density at radius 1 is 1.38 bits per heavy atom. The highest BCUT2D eigenvalue weighted by molar-refractivity contribution is 5.95. The van der Waals surface area contributed by atoms with E-state index in [1.54, 1.807) is 6.07 Å². The van der Waals surface area contributed by atoms with Crippen molar-refractivity contribution in [2.45, 2.75) is 64.8 Å². The van der Waals surface area contributed by atoms with Crippen LogP contribution in [0.4, 0.5) is 5.82 Å². The van der Waals surface area contributed by atoms with E-state index in [-0.39, 0.29) is 11.3 Å². The third-order valence-corrected chi connectivity index (χ3v) is 3.86. The maximum Gasteiger partial charge on any atom is 0.254 e. The van der Waals surface area contributed by atoms with Crippen molar-refractivity contribution in [3.8, 4) is 0 Å². The van der Waals surface area contributed by atoms with Gasteiger partial charge in [0.2, 0.25) is 0 Å². The molecule has 2 rings (SSSR count). The standard InChI is InChI=1S/C17H27N3O/c1-5-6-9-20(13-7-8-13)16(21)12-10-14(17(2,3)4)19-15(18)11-12/h10-11,13H,5-9H2,1-4H3,(H2,18,19). The Balaban J connectivity index is 2.26. The van der Waals surface area contributed by atoms with Crippen LogP contribution in [-0.4, -0.2) is 28.4 Å². The van der Waals surface area contributed by atoms with Crippen LogP contribution >= 0.6 is 0 Å². The molecule has 4 heteroatoms. The average Bonchev–Trinajstić information content (AvgIpc) is 3.22. The quantitative estimate of drug-likeness (QED) is 0.904. The summed E-state index contributed by atoms with van der Waals surface area (Å²) < 4.78 is 0. The van der Waals surface area contributed by atoms with Crippen molar-refractivity contribution in [2.75, 3.05) is 12.3 Å². The molecule has 0 aliphatic heterocycles. The monoisotopic (exact) mass is 289 g/mol. The number of unbranched alkanes of at least 4 members (excludes halogenated alkanes) is 1. The number of hydrogen-bond donors (Lipinski definition) is 1. The summed E-state index contributed by atoms with van der Waals surface area (Å²) in [5.41, 5.74) is 7.34. The largest absolute Gasteiger partial charge is 0.384 e. The normalized spacial score (nSPS) is 15.0. The SMILES string of the molecule is CCCCN(C(=O)c1cc(N)nc(C(C)(C)C)c1)C1CC1. The van der Waals surface area contributed by atoms with Gasteiger partial charge in [0.25, 0.3) is 5.91 Å². The molecule has 1 fully saturated rings. The Morgan fingerprint density at radius 3 is 2.57 bits per heavy atom. The second-order valence-corrected chi connectivity index (χ2v) is 7.00. The molecular formula is C17H27N3O. The molecule has 1 saturated carbocycles. The summed E-state index contributed by atoms with van der Waals surface area (Å²) in [5.74, 6) is 0.530. The topological polar surface area (TPSA) is 59.2 Å². The molecule has 0 atom stereocenters. The molecule has 21 heavy (non-hydrogen) atoms. The molecule has 1 aliphatic carbocycles. The molecule has 1 aromatic heterocycles. The predicted octanol–water partition coefficient (Wildman–Crippen LogP) is 3.37. The lowest BCUT2D eigenvalue weighted by Crippen LogP contribution is -2.34. The zero-order valence-electron chi connectivity index (χ0n) is 13.6. The van der Waals surface area contributed by atoms with E-state index >= 15 is 0 Å². The van der Waals surface area contributed by atoms with Gasteiger partial charge in [-0.15, -0.1) is 0 Å². The van der Waals surface area contributed by atoms with Crippen molar-refractivity contribution < 1.29 is 4.79 Å². The van der Waals surface area contributed by atoms with Gasteiger partial charge in [-0.25, -0.2) is 4.98 Å². The van der Waals surface area contributed by atoms with Gasteiger partial charge in [-0.3, -0.25) is 4.79 Å². The maximum absolute atomic E-state index is 12.8. The van der Waals surface area contributed by atoms with Crippen LogP contribution in [0.5, 0.6) is 0 Å². The van der Waals surface area contributed by atoms with Gasteiger partial charge >= 0.3 is 0 Å². The number of hydrogen-bond acceptors (Lipinski definition) is 3. The summed E-state index contributed by atoms with van der Waals surface area (Å²) in [5, 5.41) is 0. The fourth-order valence-electron chi connectivity index (χ4n) is 2.39. The molecule has 1 heterocycles. The van der Waals surface area contributed by atoms with Crippen LogP contribution in [0.2, 0.25) is 0 Å². The Kier molecular flexibility index (Phi) is 4.55. The number of amides is 1. The molecule has 0 bridgehead atoms. The molecule has 1 aliphatic rings. The number of carbonyl (C=O) groups excluding carboxylic acids is 1. The highest BCUT2D eigenvalue weighted by Gasteiger charge is 2.33. The Bertz CT molecular complexity index is 515. The molecule has 0 radical (unpaired) electrons. The smallest absolute Gasteiger partial charge is 0.254 e. The van der Waals surface area contributed by atoms with Gasteiger partial charge in [0.1, 0.15) is 5.82 Å². The Labute approximate surface area is 127 Å². The predicted molar refractivity (Wildman–Crippen MR) is 86.3 cm³/mol. The molecule has 1 amide bonds. The van der Waals surface area contributed by atoms with Crippen LogP contribution in [0.3, 0.4) is 0 Å². The van der Waals surface area contributed by atoms with Gasteiger partial charge in [-0.05, 0) is 31.4 Å². The highest BCUT2D eigenvalue weighted by atomic mass is 16.2. The Hall–Kier alpha value is -1.58. The number of rotatable bonds is 5. The van der Waals surface area contributed by atoms with Crippen LogP contribution in [0, 0.1) is 0 Å². The summed E-state index contributed by atoms with van der Waals surface area (Å²) in [6.07, 6.45) is 4.40. The van der Waals surface area contributed by atoms with Crippen molar-refractivity contribution in [1.82, 2.24) is 9.88 Å². The van der Waals surface area contributed by atoms with E-state index in [1.165, 1.54) is 0 Å². The van der Waals surface area contributed by atoms with E-state index < -0.39 is 0 Å². The maximum atomic E-state index is 12.8. The fourth-order valence-corrected chi connectivity index (χ4v) is 2.39. The summed E-state index contributed by atoms with van der Waals surface area (Å²) in [7, 11) is 0. The molecule has 0 spiro atoms. The molecule has 0 saturated heterocycles. The molecule has 0 unspecified atom stereocenters. The van der Waals surface area contributed by atoms with Crippen LogP contribution in [0.25, 0.3) is 0 Å². The lowest BCUT2D eigenvalue weighted by molar-refractivity contribution is 0.0740. The average molecular weight is 289 g/mol. The van der Waals surface area contributed by atoms with Crippen LogP contribution in [0.1, 0.15) is 69.4 Å². The van der Waals surface area contributed by atoms with Crippen LogP contribution in [-0.2, 0) is 5.41 Å². The number of aromatic nitrogens is 1. The molecule has 1 aromatic rings. The number of anilines is 1. The van der Waals surface area contributed by atoms with Crippen molar-refractivity contribution >= 4 is 11.7 Å². The lowest BCUT2D eigenvalue weighted by atomic mass is 9.90. The van der Waals surface area contributed by atoms with E-state index in [4.69, 9.17) is 5.73 Å². The van der Waals surface area contributed by atoms with Gasteiger partial charge in [0.15, 0.2) is 0 Å². The summed E-state index contributed by atoms with van der Waals surface area (Å²) in [6.45, 7) is 9.24. The van der Waals surface area contributed by atoms with Gasteiger partial charge in [0.05, 0.1) is 0 Å². The first-order valence-electron chi connectivity index (χ1n) is 7.92. The van der Waals surface area contributed by atoms with Gasteiger partial charge in [-0.1, -0.05) is 34.1 Å². The minimum atomic E-state index is -0.113. The van der Waals surface area contributed by atoms with Crippen molar-refractivity contribution in [3.05, 3.63) is 23.4 Å². The molecule has 2 N–H and O–H groups in total. The first-order valence-corrected chi connectivity index (χ1v) is 7.92. The number of carbonyl (C=O) groups is 1. The van der Waals surface area contributed by atoms with Gasteiger partial charge in [-0.2, -0.15) is 0 Å². The Morgan fingerprint density at radius 2 is 2.05 bits per heavy atom.